The molecule has 1 heterocycles. The smallest absolute Gasteiger partial charge is 0.228 e. The minimum absolute atomic E-state index is 0.0750. The topological polar surface area (TPSA) is 55.1 Å². The maximum absolute atomic E-state index is 11.3. The van der Waals surface area contributed by atoms with Gasteiger partial charge in [0.25, 0.3) is 0 Å². The maximum atomic E-state index is 11.3. The number of hydrogen-bond donors (Lipinski definition) is 2. The van der Waals surface area contributed by atoms with Crippen LogP contribution in [0, 0.1) is 5.92 Å². The van der Waals surface area contributed by atoms with Crippen LogP contribution in [0.1, 0.15) is 43.9 Å². The first-order chi connectivity index (χ1) is 8.15. The van der Waals surface area contributed by atoms with Crippen molar-refractivity contribution in [3.63, 3.8) is 0 Å². The summed E-state index contributed by atoms with van der Waals surface area (Å²) in [6.45, 7) is 4.35. The third-order valence-electron chi connectivity index (χ3n) is 3.70. The Hall–Kier alpha value is -1.35. The molecule has 0 saturated heterocycles. The standard InChI is InChI=1S/C14H20N2O/c1-3-9(4-2)14(15)10-5-6-12-11(7-10)8-13(17)16-12/h5-7,9,14H,3-4,8,15H2,1-2H3,(H,16,17). The third kappa shape index (κ3) is 2.34. The van der Waals surface area contributed by atoms with E-state index in [1.54, 1.807) is 0 Å². The summed E-state index contributed by atoms with van der Waals surface area (Å²) >= 11 is 0. The second kappa shape index (κ2) is 4.88. The maximum Gasteiger partial charge on any atom is 0.228 e. The van der Waals surface area contributed by atoms with Gasteiger partial charge in [0, 0.05) is 11.7 Å². The molecule has 0 aromatic heterocycles. The molecule has 0 bridgehead atoms. The summed E-state index contributed by atoms with van der Waals surface area (Å²) in [6, 6.07) is 6.16. The van der Waals surface area contributed by atoms with Crippen molar-refractivity contribution in [2.24, 2.45) is 11.7 Å². The lowest BCUT2D eigenvalue weighted by Crippen LogP contribution is -2.20. The number of carbonyl (C=O) groups is 1. The minimum Gasteiger partial charge on any atom is -0.326 e. The van der Waals surface area contributed by atoms with Crippen LogP contribution in [0.3, 0.4) is 0 Å². The van der Waals surface area contributed by atoms with E-state index in [1.165, 1.54) is 0 Å². The van der Waals surface area contributed by atoms with Gasteiger partial charge in [-0.25, -0.2) is 0 Å². The molecule has 0 fully saturated rings. The van der Waals surface area contributed by atoms with E-state index in [1.807, 2.05) is 12.1 Å². The molecule has 0 aliphatic carbocycles. The van der Waals surface area contributed by atoms with Crippen LogP contribution in [0.5, 0.6) is 0 Å². The Balaban J connectivity index is 2.23. The van der Waals surface area contributed by atoms with Crippen LogP contribution in [0.15, 0.2) is 18.2 Å². The number of rotatable bonds is 4. The number of fused-ring (bicyclic) bond motifs is 1. The Morgan fingerprint density at radius 2 is 2.06 bits per heavy atom. The van der Waals surface area contributed by atoms with E-state index in [4.69, 9.17) is 5.73 Å². The predicted molar refractivity (Wildman–Crippen MR) is 69.8 cm³/mol. The molecule has 1 aromatic rings. The van der Waals surface area contributed by atoms with Crippen molar-refractivity contribution in [2.75, 3.05) is 5.32 Å². The summed E-state index contributed by atoms with van der Waals surface area (Å²) < 4.78 is 0. The summed E-state index contributed by atoms with van der Waals surface area (Å²) in [4.78, 5) is 11.3. The van der Waals surface area contributed by atoms with Crippen LogP contribution in [-0.2, 0) is 11.2 Å². The average molecular weight is 232 g/mol. The van der Waals surface area contributed by atoms with Crippen LogP contribution >= 0.6 is 0 Å². The highest BCUT2D eigenvalue weighted by Gasteiger charge is 2.21. The highest BCUT2D eigenvalue weighted by Crippen LogP contribution is 2.30. The lowest BCUT2D eigenvalue weighted by Gasteiger charge is -2.22. The Morgan fingerprint density at radius 1 is 1.35 bits per heavy atom. The molecular weight excluding hydrogens is 212 g/mol. The van der Waals surface area contributed by atoms with E-state index in [9.17, 15) is 4.79 Å². The fourth-order valence-corrected chi connectivity index (χ4v) is 2.53. The Morgan fingerprint density at radius 3 is 2.71 bits per heavy atom. The van der Waals surface area contributed by atoms with Crippen molar-refractivity contribution in [1.29, 1.82) is 0 Å². The lowest BCUT2D eigenvalue weighted by atomic mass is 9.88. The van der Waals surface area contributed by atoms with Gasteiger partial charge in [0.2, 0.25) is 5.91 Å². The van der Waals surface area contributed by atoms with E-state index in [-0.39, 0.29) is 11.9 Å². The normalized spacial score (nSPS) is 15.9. The number of nitrogens with two attached hydrogens (primary N) is 1. The number of hydrogen-bond acceptors (Lipinski definition) is 2. The van der Waals surface area contributed by atoms with E-state index in [0.29, 0.717) is 12.3 Å². The van der Waals surface area contributed by atoms with Gasteiger partial charge in [0.1, 0.15) is 0 Å². The molecule has 1 aliphatic heterocycles. The SMILES string of the molecule is CCC(CC)C(N)c1ccc2c(c1)CC(=O)N2. The average Bonchev–Trinajstić information content (AvgIpc) is 2.69. The molecule has 3 heteroatoms. The van der Waals surface area contributed by atoms with Gasteiger partial charge in [-0.3, -0.25) is 4.79 Å². The second-order valence-electron chi connectivity index (χ2n) is 4.74. The van der Waals surface area contributed by atoms with Crippen LogP contribution in [-0.4, -0.2) is 5.91 Å². The van der Waals surface area contributed by atoms with Crippen molar-refractivity contribution in [1.82, 2.24) is 0 Å². The molecule has 1 aliphatic rings. The van der Waals surface area contributed by atoms with Crippen molar-refractivity contribution in [3.8, 4) is 0 Å². The van der Waals surface area contributed by atoms with Gasteiger partial charge in [-0.05, 0) is 23.1 Å². The molecule has 3 N–H and O–H groups in total. The molecule has 2 rings (SSSR count). The highest BCUT2D eigenvalue weighted by atomic mass is 16.1. The van der Waals surface area contributed by atoms with Gasteiger partial charge >= 0.3 is 0 Å². The van der Waals surface area contributed by atoms with Gasteiger partial charge in [-0.2, -0.15) is 0 Å². The van der Waals surface area contributed by atoms with Crippen LogP contribution < -0.4 is 11.1 Å². The lowest BCUT2D eigenvalue weighted by molar-refractivity contribution is -0.115. The summed E-state index contributed by atoms with van der Waals surface area (Å²) in [7, 11) is 0. The molecule has 0 spiro atoms. The summed E-state index contributed by atoms with van der Waals surface area (Å²) in [5, 5.41) is 2.84. The summed E-state index contributed by atoms with van der Waals surface area (Å²) in [5.74, 6) is 0.589. The molecule has 1 unspecified atom stereocenters. The van der Waals surface area contributed by atoms with Crippen LogP contribution in [0.4, 0.5) is 5.69 Å². The zero-order valence-corrected chi connectivity index (χ0v) is 10.5. The first-order valence-electron chi connectivity index (χ1n) is 6.34. The molecule has 1 atom stereocenters. The largest absolute Gasteiger partial charge is 0.326 e. The monoisotopic (exact) mass is 232 g/mol. The summed E-state index contributed by atoms with van der Waals surface area (Å²) in [5.41, 5.74) is 9.45. The molecular formula is C14H20N2O. The highest BCUT2D eigenvalue weighted by molar-refractivity contribution is 5.99. The van der Waals surface area contributed by atoms with Gasteiger partial charge in [0.15, 0.2) is 0 Å². The minimum atomic E-state index is 0.0750. The molecule has 3 nitrogen and oxygen atoms in total. The Labute approximate surface area is 102 Å². The Bertz CT molecular complexity index is 424. The van der Waals surface area contributed by atoms with Crippen molar-refractivity contribution in [2.45, 2.75) is 39.2 Å². The molecule has 92 valence electrons. The van der Waals surface area contributed by atoms with Gasteiger partial charge in [-0.1, -0.05) is 38.8 Å². The van der Waals surface area contributed by atoms with Gasteiger partial charge in [0.05, 0.1) is 6.42 Å². The second-order valence-corrected chi connectivity index (χ2v) is 4.74. The number of amides is 1. The quantitative estimate of drug-likeness (QED) is 0.838. The van der Waals surface area contributed by atoms with E-state index < -0.39 is 0 Å². The van der Waals surface area contributed by atoms with Crippen molar-refractivity contribution < 1.29 is 4.79 Å². The fourth-order valence-electron chi connectivity index (χ4n) is 2.53. The summed E-state index contributed by atoms with van der Waals surface area (Å²) in [6.07, 6.45) is 2.66. The predicted octanol–water partition coefficient (Wildman–Crippen LogP) is 2.62. The number of benzene rings is 1. The number of nitrogens with one attached hydrogen (secondary N) is 1. The molecule has 0 radical (unpaired) electrons. The van der Waals surface area contributed by atoms with E-state index in [2.05, 4.69) is 25.2 Å². The number of carbonyl (C=O) groups excluding carboxylic acids is 1. The molecule has 1 amide bonds. The first kappa shape index (κ1) is 12.1. The van der Waals surface area contributed by atoms with Crippen molar-refractivity contribution >= 4 is 11.6 Å². The van der Waals surface area contributed by atoms with Gasteiger partial charge < -0.3 is 11.1 Å². The van der Waals surface area contributed by atoms with E-state index in [0.717, 1.165) is 29.7 Å². The fraction of sp³-hybridized carbons (Fsp3) is 0.500. The first-order valence-corrected chi connectivity index (χ1v) is 6.34. The van der Waals surface area contributed by atoms with Crippen LogP contribution in [0.25, 0.3) is 0 Å². The number of anilines is 1. The van der Waals surface area contributed by atoms with Crippen LogP contribution in [0.2, 0.25) is 0 Å². The Kier molecular flexibility index (Phi) is 3.48. The zero-order valence-electron chi connectivity index (χ0n) is 10.5. The molecule has 0 saturated carbocycles. The molecule has 1 aromatic carbocycles. The van der Waals surface area contributed by atoms with E-state index >= 15 is 0 Å². The van der Waals surface area contributed by atoms with Gasteiger partial charge in [-0.15, -0.1) is 0 Å². The third-order valence-corrected chi connectivity index (χ3v) is 3.70. The molecule has 17 heavy (non-hydrogen) atoms. The zero-order chi connectivity index (χ0) is 12.4. The van der Waals surface area contributed by atoms with Crippen molar-refractivity contribution in [3.05, 3.63) is 29.3 Å².